The summed E-state index contributed by atoms with van der Waals surface area (Å²) < 4.78 is 0. The van der Waals surface area contributed by atoms with Crippen molar-refractivity contribution in [1.82, 2.24) is 9.80 Å². The van der Waals surface area contributed by atoms with Crippen LogP contribution >= 0.6 is 0 Å². The van der Waals surface area contributed by atoms with Crippen LogP contribution in [0.1, 0.15) is 244 Å². The van der Waals surface area contributed by atoms with E-state index in [0.717, 1.165) is 39.0 Å². The van der Waals surface area contributed by atoms with Gasteiger partial charge in [0.1, 0.15) is 5.78 Å². The molecular formula is C47H94N2O3. The van der Waals surface area contributed by atoms with Gasteiger partial charge in [0.2, 0.25) is 0 Å². The predicted octanol–water partition coefficient (Wildman–Crippen LogP) is 13.0. The Morgan fingerprint density at radius 3 is 0.942 bits per heavy atom. The molecule has 52 heavy (non-hydrogen) atoms. The van der Waals surface area contributed by atoms with Crippen molar-refractivity contribution in [1.29, 1.82) is 0 Å². The molecule has 1 fully saturated rings. The van der Waals surface area contributed by atoms with Gasteiger partial charge in [-0.2, -0.15) is 0 Å². The number of aliphatic hydroxyl groups is 2. The number of rotatable bonds is 42. The molecule has 0 radical (unpaired) electrons. The molecule has 1 saturated heterocycles. The molecular weight excluding hydrogens is 641 g/mol. The van der Waals surface area contributed by atoms with E-state index in [-0.39, 0.29) is 6.61 Å². The van der Waals surface area contributed by atoms with E-state index < -0.39 is 6.10 Å². The predicted molar refractivity (Wildman–Crippen MR) is 227 cm³/mol. The molecule has 0 aromatic rings. The zero-order valence-electron chi connectivity index (χ0n) is 35.4. The first kappa shape index (κ1) is 49.5. The summed E-state index contributed by atoms with van der Waals surface area (Å²) in [7, 11) is 0. The number of piperazine rings is 1. The standard InChI is InChI=1S/C47H94N2O3/c1-2-3-4-5-6-7-8-9-10-11-12-13-14-15-16-17-18-19-20-21-22-23-24-25-26-27-28-29-30-31-32-33-34-35-36-37-38-46(51)43-48-39-41-49(42-40-48)44-47(52)45-50/h47,50,52H,2-45H2,1H3. The monoisotopic (exact) mass is 735 g/mol. The summed E-state index contributed by atoms with van der Waals surface area (Å²) in [5.74, 6) is 0.380. The SMILES string of the molecule is CCCCCCCCCCCCCCCCCCCCCCCCCCCCCCCCCCCCCCC(=O)CN1CCN(CC(O)CO)CC1. The van der Waals surface area contributed by atoms with Crippen molar-refractivity contribution in [3.63, 3.8) is 0 Å². The largest absolute Gasteiger partial charge is 0.394 e. The van der Waals surface area contributed by atoms with Gasteiger partial charge in [-0.3, -0.25) is 14.6 Å². The third kappa shape index (κ3) is 35.2. The fourth-order valence-corrected chi connectivity index (χ4v) is 8.22. The van der Waals surface area contributed by atoms with Crippen LogP contribution in [0.25, 0.3) is 0 Å². The maximum Gasteiger partial charge on any atom is 0.146 e. The fraction of sp³-hybridized carbons (Fsp3) is 0.979. The van der Waals surface area contributed by atoms with E-state index in [2.05, 4.69) is 16.7 Å². The fourth-order valence-electron chi connectivity index (χ4n) is 8.22. The van der Waals surface area contributed by atoms with Crippen LogP contribution in [0.2, 0.25) is 0 Å². The van der Waals surface area contributed by atoms with Crippen LogP contribution in [0, 0.1) is 0 Å². The Balaban J connectivity index is 1.66. The molecule has 0 amide bonds. The topological polar surface area (TPSA) is 64.0 Å². The molecule has 0 aromatic heterocycles. The van der Waals surface area contributed by atoms with Crippen molar-refractivity contribution in [2.45, 2.75) is 251 Å². The van der Waals surface area contributed by atoms with Crippen LogP contribution in [0.4, 0.5) is 0 Å². The minimum Gasteiger partial charge on any atom is -0.394 e. The lowest BCUT2D eigenvalue weighted by atomic mass is 10.0. The number of β-amino-alcohol motifs (C(OH)–C–C–N with tert-alkyl or cyclic N) is 1. The van der Waals surface area contributed by atoms with Gasteiger partial charge in [0, 0.05) is 39.1 Å². The average Bonchev–Trinajstić information content (AvgIpc) is 3.15. The second kappa shape index (κ2) is 40.2. The van der Waals surface area contributed by atoms with E-state index in [1.54, 1.807) is 0 Å². The van der Waals surface area contributed by atoms with Crippen molar-refractivity contribution >= 4 is 5.78 Å². The average molecular weight is 735 g/mol. The van der Waals surface area contributed by atoms with Crippen molar-refractivity contribution in [2.75, 3.05) is 45.9 Å². The summed E-state index contributed by atoms with van der Waals surface area (Å²) >= 11 is 0. The third-order valence-electron chi connectivity index (χ3n) is 11.9. The molecule has 5 nitrogen and oxygen atoms in total. The highest BCUT2D eigenvalue weighted by Crippen LogP contribution is 2.17. The van der Waals surface area contributed by atoms with Crippen molar-refractivity contribution < 1.29 is 15.0 Å². The molecule has 0 saturated carbocycles. The van der Waals surface area contributed by atoms with Crippen LogP contribution in [0.5, 0.6) is 0 Å². The number of hydrogen-bond acceptors (Lipinski definition) is 5. The molecule has 0 aromatic carbocycles. The Morgan fingerprint density at radius 1 is 0.423 bits per heavy atom. The molecule has 1 rings (SSSR count). The van der Waals surface area contributed by atoms with Crippen LogP contribution in [-0.2, 0) is 4.79 Å². The lowest BCUT2D eigenvalue weighted by Gasteiger charge is -2.35. The van der Waals surface area contributed by atoms with E-state index in [9.17, 15) is 9.90 Å². The lowest BCUT2D eigenvalue weighted by molar-refractivity contribution is -0.120. The molecule has 1 heterocycles. The number of ketones is 1. The van der Waals surface area contributed by atoms with Crippen LogP contribution < -0.4 is 0 Å². The van der Waals surface area contributed by atoms with Gasteiger partial charge < -0.3 is 10.2 Å². The first-order chi connectivity index (χ1) is 25.7. The Hall–Kier alpha value is -0.490. The number of unbranched alkanes of at least 4 members (excludes halogenated alkanes) is 35. The summed E-state index contributed by atoms with van der Waals surface area (Å²) in [6.07, 6.45) is 51.5. The molecule has 1 aliphatic heterocycles. The van der Waals surface area contributed by atoms with Crippen LogP contribution in [0.15, 0.2) is 0 Å². The number of hydrogen-bond donors (Lipinski definition) is 2. The summed E-state index contributed by atoms with van der Waals surface area (Å²) in [4.78, 5) is 16.8. The smallest absolute Gasteiger partial charge is 0.146 e. The van der Waals surface area contributed by atoms with Gasteiger partial charge in [-0.25, -0.2) is 0 Å². The first-order valence-corrected chi connectivity index (χ1v) is 23.9. The van der Waals surface area contributed by atoms with Gasteiger partial charge in [0.25, 0.3) is 0 Å². The molecule has 5 heteroatoms. The van der Waals surface area contributed by atoms with E-state index in [0.29, 0.717) is 18.9 Å². The van der Waals surface area contributed by atoms with E-state index >= 15 is 0 Å². The van der Waals surface area contributed by atoms with Crippen molar-refractivity contribution in [3.05, 3.63) is 0 Å². The maximum absolute atomic E-state index is 12.4. The van der Waals surface area contributed by atoms with Crippen LogP contribution in [-0.4, -0.2) is 77.8 Å². The highest BCUT2D eigenvalue weighted by molar-refractivity contribution is 5.80. The molecule has 0 spiro atoms. The number of aliphatic hydroxyl groups excluding tert-OH is 2. The van der Waals surface area contributed by atoms with E-state index in [1.165, 1.54) is 225 Å². The van der Waals surface area contributed by atoms with Gasteiger partial charge >= 0.3 is 0 Å². The molecule has 0 aliphatic carbocycles. The molecule has 1 unspecified atom stereocenters. The van der Waals surface area contributed by atoms with E-state index in [1.807, 2.05) is 0 Å². The quantitative estimate of drug-likeness (QED) is 0.0611. The molecule has 1 atom stereocenters. The molecule has 310 valence electrons. The Morgan fingerprint density at radius 2 is 0.673 bits per heavy atom. The van der Waals surface area contributed by atoms with Crippen molar-refractivity contribution in [2.24, 2.45) is 0 Å². The van der Waals surface area contributed by atoms with Gasteiger partial charge in [-0.05, 0) is 6.42 Å². The number of carbonyl (C=O) groups excluding carboxylic acids is 1. The van der Waals surface area contributed by atoms with Gasteiger partial charge in [0.15, 0.2) is 0 Å². The zero-order valence-corrected chi connectivity index (χ0v) is 35.4. The minimum atomic E-state index is -0.657. The highest BCUT2D eigenvalue weighted by atomic mass is 16.3. The summed E-state index contributed by atoms with van der Waals surface area (Å²) in [6.45, 7) is 6.72. The number of Topliss-reactive ketones (excluding diaryl/α,β-unsaturated/α-hetero) is 1. The van der Waals surface area contributed by atoms with Gasteiger partial charge in [-0.1, -0.05) is 232 Å². The Bertz CT molecular complexity index is 711. The zero-order chi connectivity index (χ0) is 37.4. The molecule has 0 bridgehead atoms. The van der Waals surface area contributed by atoms with Gasteiger partial charge in [0.05, 0.1) is 19.3 Å². The summed E-state index contributed by atoms with van der Waals surface area (Å²) in [6, 6.07) is 0. The number of carbonyl (C=O) groups is 1. The van der Waals surface area contributed by atoms with Gasteiger partial charge in [-0.15, -0.1) is 0 Å². The Labute approximate surface area is 326 Å². The minimum absolute atomic E-state index is 0.182. The normalized spacial score (nSPS) is 14.8. The first-order valence-electron chi connectivity index (χ1n) is 23.9. The lowest BCUT2D eigenvalue weighted by Crippen LogP contribution is -2.50. The van der Waals surface area contributed by atoms with E-state index in [4.69, 9.17) is 5.11 Å². The molecule has 1 aliphatic rings. The summed E-state index contributed by atoms with van der Waals surface area (Å²) in [5.41, 5.74) is 0. The third-order valence-corrected chi connectivity index (χ3v) is 11.9. The second-order valence-electron chi connectivity index (χ2n) is 17.1. The number of nitrogens with zero attached hydrogens (tertiary/aromatic N) is 2. The second-order valence-corrected chi connectivity index (χ2v) is 17.1. The highest BCUT2D eigenvalue weighted by Gasteiger charge is 2.20. The van der Waals surface area contributed by atoms with Crippen molar-refractivity contribution in [3.8, 4) is 0 Å². The maximum atomic E-state index is 12.4. The van der Waals surface area contributed by atoms with Crippen LogP contribution in [0.3, 0.4) is 0 Å². The summed E-state index contributed by atoms with van der Waals surface area (Å²) in [5, 5.41) is 18.6. The molecule has 2 N–H and O–H groups in total. The Kier molecular flexibility index (Phi) is 38.3.